The molecule has 0 spiro atoms. The van der Waals surface area contributed by atoms with Crippen molar-refractivity contribution in [2.75, 3.05) is 46.9 Å². The van der Waals surface area contributed by atoms with Gasteiger partial charge in [-0.2, -0.15) is 0 Å². The van der Waals surface area contributed by atoms with Crippen LogP contribution in [0.3, 0.4) is 0 Å². The summed E-state index contributed by atoms with van der Waals surface area (Å²) in [6, 6.07) is 0. The monoisotopic (exact) mass is 199 g/mol. The maximum absolute atomic E-state index is 3.26. The molecule has 14 heavy (non-hydrogen) atoms. The second-order valence-electron chi connectivity index (χ2n) is 4.46. The van der Waals surface area contributed by atoms with E-state index in [1.807, 2.05) is 0 Å². The average Bonchev–Trinajstić information content (AvgIpc) is 2.21. The molecule has 0 bridgehead atoms. The summed E-state index contributed by atoms with van der Waals surface area (Å²) in [4.78, 5) is 4.67. The average molecular weight is 199 g/mol. The van der Waals surface area contributed by atoms with Crippen molar-refractivity contribution in [3.63, 3.8) is 0 Å². The molecule has 0 aromatic rings. The summed E-state index contributed by atoms with van der Waals surface area (Å²) in [5.41, 5.74) is 0. The molecule has 1 N–H and O–H groups in total. The number of piperidine rings is 1. The van der Waals surface area contributed by atoms with E-state index in [2.05, 4.69) is 29.2 Å². The first-order chi connectivity index (χ1) is 6.79. The van der Waals surface area contributed by atoms with Gasteiger partial charge in [-0.1, -0.05) is 6.42 Å². The third kappa shape index (κ3) is 5.58. The Morgan fingerprint density at radius 3 is 1.71 bits per heavy atom. The zero-order valence-electron chi connectivity index (χ0n) is 9.76. The number of nitrogens with zero attached hydrogens (tertiary/aromatic N) is 2. The summed E-state index contributed by atoms with van der Waals surface area (Å²) in [5.74, 6) is 0. The van der Waals surface area contributed by atoms with E-state index in [1.165, 1.54) is 51.9 Å². The highest BCUT2D eigenvalue weighted by molar-refractivity contribution is 4.58. The van der Waals surface area contributed by atoms with Gasteiger partial charge in [0, 0.05) is 13.2 Å². The number of hydrogen-bond donors (Lipinski definition) is 1. The molecule has 0 aliphatic carbocycles. The van der Waals surface area contributed by atoms with E-state index in [0.29, 0.717) is 0 Å². The van der Waals surface area contributed by atoms with Crippen molar-refractivity contribution < 1.29 is 0 Å². The van der Waals surface area contributed by atoms with Crippen LogP contribution in [0.15, 0.2) is 0 Å². The van der Waals surface area contributed by atoms with Crippen molar-refractivity contribution in [1.82, 2.24) is 15.1 Å². The maximum atomic E-state index is 3.26. The number of rotatable bonds is 0. The standard InChI is InChI=1S/C6H13N.C5H12N2/c1-7-5-3-2-4-6-7;1-7-4-2-3-6-5-7/h2-6H2,1H3;6H,2-5H2,1H3. The highest BCUT2D eigenvalue weighted by Gasteiger charge is 2.02. The second kappa shape index (κ2) is 7.21. The molecule has 0 saturated carbocycles. The Hall–Kier alpha value is -0.120. The molecular formula is C11H25N3. The first-order valence-corrected chi connectivity index (χ1v) is 5.87. The van der Waals surface area contributed by atoms with Crippen LogP contribution in [0.1, 0.15) is 25.7 Å². The van der Waals surface area contributed by atoms with Gasteiger partial charge in [0.25, 0.3) is 0 Å². The van der Waals surface area contributed by atoms with E-state index < -0.39 is 0 Å². The van der Waals surface area contributed by atoms with Crippen LogP contribution in [0.2, 0.25) is 0 Å². The van der Waals surface area contributed by atoms with E-state index >= 15 is 0 Å². The normalized spacial score (nSPS) is 25.3. The van der Waals surface area contributed by atoms with E-state index in [4.69, 9.17) is 0 Å². The van der Waals surface area contributed by atoms with Crippen LogP contribution in [0.5, 0.6) is 0 Å². The fourth-order valence-corrected chi connectivity index (χ4v) is 1.87. The van der Waals surface area contributed by atoms with E-state index in [9.17, 15) is 0 Å². The molecule has 3 heteroatoms. The summed E-state index contributed by atoms with van der Waals surface area (Å²) >= 11 is 0. The van der Waals surface area contributed by atoms with Gasteiger partial charge >= 0.3 is 0 Å². The molecule has 3 nitrogen and oxygen atoms in total. The van der Waals surface area contributed by atoms with E-state index in [1.54, 1.807) is 0 Å². The molecular weight excluding hydrogens is 174 g/mol. The van der Waals surface area contributed by atoms with Gasteiger partial charge in [0.1, 0.15) is 0 Å². The summed E-state index contributed by atoms with van der Waals surface area (Å²) < 4.78 is 0. The maximum Gasteiger partial charge on any atom is 0.0477 e. The lowest BCUT2D eigenvalue weighted by Crippen LogP contribution is -2.38. The van der Waals surface area contributed by atoms with Gasteiger partial charge in [-0.3, -0.25) is 4.90 Å². The van der Waals surface area contributed by atoms with Crippen LogP contribution >= 0.6 is 0 Å². The van der Waals surface area contributed by atoms with Crippen molar-refractivity contribution in [2.45, 2.75) is 25.7 Å². The number of hydrogen-bond acceptors (Lipinski definition) is 3. The third-order valence-electron chi connectivity index (χ3n) is 2.85. The van der Waals surface area contributed by atoms with Gasteiger partial charge in [-0.15, -0.1) is 0 Å². The van der Waals surface area contributed by atoms with Gasteiger partial charge < -0.3 is 10.2 Å². The fourth-order valence-electron chi connectivity index (χ4n) is 1.87. The third-order valence-corrected chi connectivity index (χ3v) is 2.85. The lowest BCUT2D eigenvalue weighted by Gasteiger charge is -2.22. The Labute approximate surface area is 88.5 Å². The fraction of sp³-hybridized carbons (Fsp3) is 1.00. The van der Waals surface area contributed by atoms with Crippen LogP contribution in [-0.4, -0.2) is 56.7 Å². The largest absolute Gasteiger partial charge is 0.306 e. The van der Waals surface area contributed by atoms with Crippen LogP contribution < -0.4 is 5.32 Å². The lowest BCUT2D eigenvalue weighted by molar-refractivity contribution is 0.261. The quantitative estimate of drug-likeness (QED) is 0.627. The topological polar surface area (TPSA) is 18.5 Å². The zero-order chi connectivity index (χ0) is 10.2. The predicted octanol–water partition coefficient (Wildman–Crippen LogP) is 0.971. The Bertz CT molecular complexity index is 110. The summed E-state index contributed by atoms with van der Waals surface area (Å²) in [6.07, 6.45) is 5.58. The van der Waals surface area contributed by atoms with Gasteiger partial charge in [-0.25, -0.2) is 0 Å². The molecule has 0 atom stereocenters. The Kier molecular flexibility index (Phi) is 6.15. The molecule has 84 valence electrons. The van der Waals surface area contributed by atoms with Crippen LogP contribution in [0, 0.1) is 0 Å². The van der Waals surface area contributed by atoms with E-state index in [0.717, 1.165) is 6.67 Å². The molecule has 2 aliphatic heterocycles. The van der Waals surface area contributed by atoms with Gasteiger partial charge in [0.05, 0.1) is 0 Å². The summed E-state index contributed by atoms with van der Waals surface area (Å²) in [5, 5.41) is 3.26. The Balaban J connectivity index is 0.000000140. The van der Waals surface area contributed by atoms with Crippen LogP contribution in [0.25, 0.3) is 0 Å². The molecule has 2 saturated heterocycles. The lowest BCUT2D eigenvalue weighted by atomic mass is 10.1. The molecule has 0 radical (unpaired) electrons. The van der Waals surface area contributed by atoms with E-state index in [-0.39, 0.29) is 0 Å². The minimum absolute atomic E-state index is 1.07. The molecule has 2 rings (SSSR count). The molecule has 2 heterocycles. The van der Waals surface area contributed by atoms with Crippen molar-refractivity contribution in [2.24, 2.45) is 0 Å². The van der Waals surface area contributed by atoms with Crippen molar-refractivity contribution >= 4 is 0 Å². The highest BCUT2D eigenvalue weighted by Crippen LogP contribution is 2.04. The molecule has 0 amide bonds. The van der Waals surface area contributed by atoms with Crippen LogP contribution in [0.4, 0.5) is 0 Å². The van der Waals surface area contributed by atoms with Crippen LogP contribution in [-0.2, 0) is 0 Å². The van der Waals surface area contributed by atoms with Gasteiger partial charge in [0.2, 0.25) is 0 Å². The van der Waals surface area contributed by atoms with Crippen molar-refractivity contribution in [3.8, 4) is 0 Å². The minimum Gasteiger partial charge on any atom is -0.306 e. The number of likely N-dealkylation sites (tertiary alicyclic amines) is 1. The highest BCUT2D eigenvalue weighted by atomic mass is 15.2. The minimum atomic E-state index is 1.07. The molecule has 0 aromatic carbocycles. The molecule has 0 aromatic heterocycles. The molecule has 0 unspecified atom stereocenters. The Morgan fingerprint density at radius 2 is 1.43 bits per heavy atom. The first kappa shape index (κ1) is 12.0. The summed E-state index contributed by atoms with van der Waals surface area (Å²) in [6.45, 7) is 6.16. The Morgan fingerprint density at radius 1 is 0.786 bits per heavy atom. The zero-order valence-corrected chi connectivity index (χ0v) is 9.76. The first-order valence-electron chi connectivity index (χ1n) is 5.87. The smallest absolute Gasteiger partial charge is 0.0477 e. The molecule has 2 fully saturated rings. The molecule has 2 aliphatic rings. The summed E-state index contributed by atoms with van der Waals surface area (Å²) in [7, 11) is 4.32. The van der Waals surface area contributed by atoms with Gasteiger partial charge in [-0.05, 0) is 53.0 Å². The SMILES string of the molecule is CN1CCCCC1.CN1CCCNC1. The van der Waals surface area contributed by atoms with Gasteiger partial charge in [0.15, 0.2) is 0 Å². The van der Waals surface area contributed by atoms with Crippen molar-refractivity contribution in [3.05, 3.63) is 0 Å². The predicted molar refractivity (Wildman–Crippen MR) is 61.5 cm³/mol. The van der Waals surface area contributed by atoms with Crippen molar-refractivity contribution in [1.29, 1.82) is 0 Å². The number of nitrogens with one attached hydrogen (secondary N) is 1. The second-order valence-corrected chi connectivity index (χ2v) is 4.46.